The van der Waals surface area contributed by atoms with Crippen LogP contribution in [0.25, 0.3) is 0 Å². The average Bonchev–Trinajstić information content (AvgIpc) is 2.58. The smallest absolute Gasteiger partial charge is 0.170 e. The van der Waals surface area contributed by atoms with Gasteiger partial charge in [-0.3, -0.25) is 0 Å². The largest absolute Gasteiger partial charge is 0.494 e. The number of hydrogen-bond acceptors (Lipinski definition) is 3. The number of hydrogen-bond donors (Lipinski definition) is 2. The summed E-state index contributed by atoms with van der Waals surface area (Å²) in [6.45, 7) is 3.40. The van der Waals surface area contributed by atoms with Gasteiger partial charge < -0.3 is 15.4 Å². The first-order chi connectivity index (χ1) is 12.1. The SMILES string of the molecule is CCOc1ccc(NC(=S)NCCSCc2ccc(Cl)cc2Cl)cc1. The molecule has 3 nitrogen and oxygen atoms in total. The molecule has 2 N–H and O–H groups in total. The van der Waals surface area contributed by atoms with Crippen LogP contribution in [0.5, 0.6) is 5.75 Å². The molecular weight excluding hydrogens is 395 g/mol. The number of thioether (sulfide) groups is 1. The van der Waals surface area contributed by atoms with Gasteiger partial charge in [0.2, 0.25) is 0 Å². The van der Waals surface area contributed by atoms with Crippen LogP contribution in [0.4, 0.5) is 5.69 Å². The molecule has 2 aromatic rings. The first kappa shape index (κ1) is 20.2. The van der Waals surface area contributed by atoms with Crippen molar-refractivity contribution in [1.29, 1.82) is 0 Å². The van der Waals surface area contributed by atoms with E-state index in [9.17, 15) is 0 Å². The molecule has 7 heteroatoms. The van der Waals surface area contributed by atoms with Crippen molar-refractivity contribution in [2.75, 3.05) is 24.2 Å². The molecule has 0 saturated heterocycles. The topological polar surface area (TPSA) is 33.3 Å². The predicted octanol–water partition coefficient (Wildman–Crippen LogP) is 5.61. The third-order valence-corrected chi connectivity index (χ3v) is 5.07. The molecule has 134 valence electrons. The molecule has 0 unspecified atom stereocenters. The predicted molar refractivity (Wildman–Crippen MR) is 114 cm³/mol. The van der Waals surface area contributed by atoms with Gasteiger partial charge in [-0.2, -0.15) is 11.8 Å². The van der Waals surface area contributed by atoms with Crippen LogP contribution in [0.15, 0.2) is 42.5 Å². The molecule has 0 radical (unpaired) electrons. The quantitative estimate of drug-likeness (QED) is 0.433. The van der Waals surface area contributed by atoms with Gasteiger partial charge in [0.1, 0.15) is 5.75 Å². The Balaban J connectivity index is 1.65. The average molecular weight is 415 g/mol. The van der Waals surface area contributed by atoms with Gasteiger partial charge in [0, 0.05) is 33.8 Å². The summed E-state index contributed by atoms with van der Waals surface area (Å²) in [5, 5.41) is 8.32. The molecule has 0 aliphatic carbocycles. The van der Waals surface area contributed by atoms with Crippen molar-refractivity contribution >= 4 is 58.0 Å². The summed E-state index contributed by atoms with van der Waals surface area (Å²) in [4.78, 5) is 0. The number of ether oxygens (including phenoxy) is 1. The lowest BCUT2D eigenvalue weighted by Gasteiger charge is -2.11. The Kier molecular flexibility index (Phi) is 8.68. The van der Waals surface area contributed by atoms with Crippen molar-refractivity contribution in [3.63, 3.8) is 0 Å². The standard InChI is InChI=1S/C18H20Cl2N2OS2/c1-2-23-16-7-5-15(6-8-16)22-18(24)21-9-10-25-12-13-3-4-14(19)11-17(13)20/h3-8,11H,2,9-10,12H2,1H3,(H2,21,22,24). The summed E-state index contributed by atoms with van der Waals surface area (Å²) >= 11 is 19.1. The second kappa shape index (κ2) is 10.8. The number of halogens is 2. The monoisotopic (exact) mass is 414 g/mol. The maximum atomic E-state index is 6.16. The summed E-state index contributed by atoms with van der Waals surface area (Å²) < 4.78 is 5.41. The summed E-state index contributed by atoms with van der Waals surface area (Å²) in [5.41, 5.74) is 2.02. The molecule has 0 saturated carbocycles. The van der Waals surface area contributed by atoms with Crippen LogP contribution in [0.1, 0.15) is 12.5 Å². The molecule has 0 aromatic heterocycles. The fourth-order valence-electron chi connectivity index (χ4n) is 2.03. The Morgan fingerprint density at radius 1 is 1.16 bits per heavy atom. The van der Waals surface area contributed by atoms with Gasteiger partial charge in [-0.05, 0) is 61.1 Å². The fraction of sp³-hybridized carbons (Fsp3) is 0.278. The Morgan fingerprint density at radius 3 is 2.60 bits per heavy atom. The van der Waals surface area contributed by atoms with Gasteiger partial charge in [0.05, 0.1) is 6.61 Å². The zero-order chi connectivity index (χ0) is 18.1. The van der Waals surface area contributed by atoms with Gasteiger partial charge in [-0.25, -0.2) is 0 Å². The highest BCUT2D eigenvalue weighted by atomic mass is 35.5. The third kappa shape index (κ3) is 7.32. The van der Waals surface area contributed by atoms with E-state index < -0.39 is 0 Å². The molecule has 2 rings (SSSR count). The number of rotatable bonds is 8. The van der Waals surface area contributed by atoms with E-state index in [2.05, 4.69) is 10.6 Å². The highest BCUT2D eigenvalue weighted by Crippen LogP contribution is 2.24. The van der Waals surface area contributed by atoms with Gasteiger partial charge in [-0.15, -0.1) is 0 Å². The number of thiocarbonyl (C=S) groups is 1. The van der Waals surface area contributed by atoms with Crippen molar-refractivity contribution < 1.29 is 4.74 Å². The zero-order valence-electron chi connectivity index (χ0n) is 13.9. The maximum absolute atomic E-state index is 6.16. The van der Waals surface area contributed by atoms with Crippen LogP contribution in [0, 0.1) is 0 Å². The third-order valence-electron chi connectivity index (χ3n) is 3.23. The van der Waals surface area contributed by atoms with Gasteiger partial charge in [-0.1, -0.05) is 29.3 Å². The van der Waals surface area contributed by atoms with E-state index in [1.165, 1.54) is 0 Å². The van der Waals surface area contributed by atoms with Crippen molar-refractivity contribution in [1.82, 2.24) is 5.32 Å². The Hall–Kier alpha value is -1.14. The summed E-state index contributed by atoms with van der Waals surface area (Å²) in [7, 11) is 0. The van der Waals surface area contributed by atoms with Crippen LogP contribution >= 0.6 is 47.2 Å². The highest BCUT2D eigenvalue weighted by molar-refractivity contribution is 7.98. The van der Waals surface area contributed by atoms with Crippen LogP contribution in [-0.4, -0.2) is 24.0 Å². The minimum absolute atomic E-state index is 0.606. The van der Waals surface area contributed by atoms with E-state index in [1.54, 1.807) is 17.8 Å². The van der Waals surface area contributed by atoms with E-state index in [0.29, 0.717) is 21.8 Å². The molecule has 0 aliphatic rings. The van der Waals surface area contributed by atoms with Crippen molar-refractivity contribution in [3.05, 3.63) is 58.1 Å². The van der Waals surface area contributed by atoms with E-state index in [-0.39, 0.29) is 0 Å². The van der Waals surface area contributed by atoms with Crippen molar-refractivity contribution in [3.8, 4) is 5.75 Å². The van der Waals surface area contributed by atoms with E-state index >= 15 is 0 Å². The Morgan fingerprint density at radius 2 is 1.92 bits per heavy atom. The second-order valence-electron chi connectivity index (χ2n) is 5.13. The van der Waals surface area contributed by atoms with Crippen LogP contribution in [0.2, 0.25) is 10.0 Å². The summed E-state index contributed by atoms with van der Waals surface area (Å²) in [6.07, 6.45) is 0. The molecular formula is C18H20Cl2N2OS2. The molecule has 0 heterocycles. The molecule has 0 aliphatic heterocycles. The molecule has 2 aromatic carbocycles. The minimum atomic E-state index is 0.606. The second-order valence-corrected chi connectivity index (χ2v) is 7.48. The van der Waals surface area contributed by atoms with Crippen molar-refractivity contribution in [2.24, 2.45) is 0 Å². The Labute approximate surface area is 168 Å². The van der Waals surface area contributed by atoms with Gasteiger partial charge in [0.25, 0.3) is 0 Å². The lowest BCUT2D eigenvalue weighted by Crippen LogP contribution is -2.30. The molecule has 0 amide bonds. The van der Waals surface area contributed by atoms with Crippen LogP contribution in [0.3, 0.4) is 0 Å². The van der Waals surface area contributed by atoms with Crippen LogP contribution < -0.4 is 15.4 Å². The maximum Gasteiger partial charge on any atom is 0.170 e. The number of benzene rings is 2. The normalized spacial score (nSPS) is 10.4. The van der Waals surface area contributed by atoms with Gasteiger partial charge in [0.15, 0.2) is 5.11 Å². The Bertz CT molecular complexity index is 696. The van der Waals surface area contributed by atoms with E-state index in [0.717, 1.165) is 35.1 Å². The fourth-order valence-corrected chi connectivity index (χ4v) is 3.67. The first-order valence-electron chi connectivity index (χ1n) is 7.88. The lowest BCUT2D eigenvalue weighted by atomic mass is 10.2. The molecule has 0 atom stereocenters. The minimum Gasteiger partial charge on any atom is -0.494 e. The van der Waals surface area contributed by atoms with Crippen LogP contribution in [-0.2, 0) is 5.75 Å². The summed E-state index contributed by atoms with van der Waals surface area (Å²) in [5.74, 6) is 2.62. The van der Waals surface area contributed by atoms with Gasteiger partial charge >= 0.3 is 0 Å². The van der Waals surface area contributed by atoms with E-state index in [1.807, 2.05) is 43.3 Å². The molecule has 0 spiro atoms. The summed E-state index contributed by atoms with van der Waals surface area (Å²) in [6, 6.07) is 13.3. The highest BCUT2D eigenvalue weighted by Gasteiger charge is 2.02. The number of nitrogens with one attached hydrogen (secondary N) is 2. The number of anilines is 1. The molecule has 0 fully saturated rings. The lowest BCUT2D eigenvalue weighted by molar-refractivity contribution is 0.340. The van der Waals surface area contributed by atoms with Crippen molar-refractivity contribution in [2.45, 2.75) is 12.7 Å². The molecule has 0 bridgehead atoms. The van der Waals surface area contributed by atoms with E-state index in [4.69, 9.17) is 40.2 Å². The zero-order valence-corrected chi connectivity index (χ0v) is 17.0. The molecule has 25 heavy (non-hydrogen) atoms. The first-order valence-corrected chi connectivity index (χ1v) is 10.2.